The highest BCUT2D eigenvalue weighted by Gasteiger charge is 2.47. The van der Waals surface area contributed by atoms with Crippen molar-refractivity contribution < 1.29 is 9.72 Å². The van der Waals surface area contributed by atoms with Crippen LogP contribution in [0.1, 0.15) is 6.92 Å². The average molecular weight is 252 g/mol. The molecule has 0 bridgehead atoms. The Bertz CT molecular complexity index is 467. The number of nitro groups is 1. The molecule has 0 N–H and O–H groups in total. The van der Waals surface area contributed by atoms with E-state index in [9.17, 15) is 14.9 Å². The topological polar surface area (TPSA) is 63.5 Å². The van der Waals surface area contributed by atoms with Gasteiger partial charge in [-0.05, 0) is 12.3 Å². The fraction of sp³-hybridized carbons (Fsp3) is 0.364. The molecule has 0 spiro atoms. The van der Waals surface area contributed by atoms with Crippen LogP contribution in [-0.2, 0) is 4.79 Å². The van der Waals surface area contributed by atoms with Gasteiger partial charge in [0.25, 0.3) is 6.04 Å². The molecule has 0 radical (unpaired) electrons. The first-order valence-electron chi connectivity index (χ1n) is 5.14. The minimum Gasteiger partial charge on any atom is -0.330 e. The summed E-state index contributed by atoms with van der Waals surface area (Å²) >= 11 is 1.28. The third-order valence-electron chi connectivity index (χ3n) is 2.85. The van der Waals surface area contributed by atoms with Crippen LogP contribution in [0.2, 0.25) is 0 Å². The Kier molecular flexibility index (Phi) is 3.06. The molecule has 17 heavy (non-hydrogen) atoms. The fourth-order valence-corrected chi connectivity index (χ4v) is 3.12. The molecule has 2 atom stereocenters. The Labute approximate surface area is 103 Å². The van der Waals surface area contributed by atoms with Gasteiger partial charge < -0.3 is 4.90 Å². The van der Waals surface area contributed by atoms with Crippen molar-refractivity contribution in [1.82, 2.24) is 4.90 Å². The highest BCUT2D eigenvalue weighted by molar-refractivity contribution is 8.02. The molecule has 0 aliphatic carbocycles. The van der Waals surface area contributed by atoms with Crippen molar-refractivity contribution in [2.75, 3.05) is 6.26 Å². The average Bonchev–Trinajstić information content (AvgIpc) is 2.62. The molecular weight excluding hydrogens is 240 g/mol. The molecule has 0 aromatic carbocycles. The molecule has 2 rings (SSSR count). The molecular formula is C11H12N2O3S. The summed E-state index contributed by atoms with van der Waals surface area (Å²) in [6.45, 7) is 1.44. The number of nitrogens with zero attached hydrogens (tertiary/aromatic N) is 2. The van der Waals surface area contributed by atoms with Crippen molar-refractivity contribution >= 4 is 17.5 Å². The number of hydrogen-bond acceptors (Lipinski definition) is 5. The molecule has 2 heterocycles. The fourth-order valence-electron chi connectivity index (χ4n) is 2.21. The molecule has 0 amide bonds. The van der Waals surface area contributed by atoms with Crippen molar-refractivity contribution in [1.29, 1.82) is 0 Å². The number of thioether (sulfide) groups is 1. The second kappa shape index (κ2) is 4.37. The summed E-state index contributed by atoms with van der Waals surface area (Å²) in [5.74, 6) is -0.136. The van der Waals surface area contributed by atoms with Gasteiger partial charge in [0.2, 0.25) is 0 Å². The molecule has 0 saturated carbocycles. The molecule has 2 unspecified atom stereocenters. The lowest BCUT2D eigenvalue weighted by Crippen LogP contribution is -2.38. The number of ketones is 1. The normalized spacial score (nSPS) is 26.4. The van der Waals surface area contributed by atoms with Gasteiger partial charge in [0.05, 0.1) is 4.91 Å². The van der Waals surface area contributed by atoms with E-state index < -0.39 is 6.04 Å². The molecule has 0 aromatic heterocycles. The Hall–Kier alpha value is -1.56. The van der Waals surface area contributed by atoms with Crippen LogP contribution in [-0.4, -0.2) is 33.9 Å². The highest BCUT2D eigenvalue weighted by atomic mass is 32.2. The zero-order chi connectivity index (χ0) is 12.6. The van der Waals surface area contributed by atoms with Crippen LogP contribution >= 0.6 is 11.8 Å². The summed E-state index contributed by atoms with van der Waals surface area (Å²) in [7, 11) is 0. The Morgan fingerprint density at radius 1 is 1.53 bits per heavy atom. The molecule has 2 aliphatic heterocycles. The zero-order valence-electron chi connectivity index (χ0n) is 9.49. The second-order valence-corrected chi connectivity index (χ2v) is 4.68. The summed E-state index contributed by atoms with van der Waals surface area (Å²) in [6, 6.07) is -1.22. The predicted molar refractivity (Wildman–Crippen MR) is 65.9 cm³/mol. The monoisotopic (exact) mass is 252 g/mol. The summed E-state index contributed by atoms with van der Waals surface area (Å²) in [5, 5.41) is 11.2. The van der Waals surface area contributed by atoms with Gasteiger partial charge in [-0.25, -0.2) is 0 Å². The van der Waals surface area contributed by atoms with E-state index in [2.05, 4.69) is 0 Å². The summed E-state index contributed by atoms with van der Waals surface area (Å²) in [6.07, 6.45) is 8.81. The number of hydrogen-bond donors (Lipinski definition) is 0. The van der Waals surface area contributed by atoms with Gasteiger partial charge in [-0.3, -0.25) is 14.9 Å². The minimum atomic E-state index is -0.842. The van der Waals surface area contributed by atoms with Gasteiger partial charge in [0, 0.05) is 18.0 Å². The summed E-state index contributed by atoms with van der Waals surface area (Å²) in [4.78, 5) is 24.7. The van der Waals surface area contributed by atoms with Crippen molar-refractivity contribution in [3.05, 3.63) is 45.1 Å². The molecule has 0 aromatic rings. The third kappa shape index (κ3) is 1.78. The highest BCUT2D eigenvalue weighted by Crippen LogP contribution is 2.38. The summed E-state index contributed by atoms with van der Waals surface area (Å²) < 4.78 is 0. The van der Waals surface area contributed by atoms with Gasteiger partial charge >= 0.3 is 0 Å². The van der Waals surface area contributed by atoms with Crippen LogP contribution in [0.4, 0.5) is 0 Å². The van der Waals surface area contributed by atoms with E-state index in [0.29, 0.717) is 10.6 Å². The van der Waals surface area contributed by atoms with Crippen LogP contribution in [0.15, 0.2) is 35.0 Å². The lowest BCUT2D eigenvalue weighted by molar-refractivity contribution is -0.512. The van der Waals surface area contributed by atoms with E-state index in [1.54, 1.807) is 35.6 Å². The van der Waals surface area contributed by atoms with E-state index in [-0.39, 0.29) is 16.7 Å². The molecule has 0 saturated heterocycles. The van der Waals surface area contributed by atoms with E-state index in [4.69, 9.17) is 0 Å². The maximum absolute atomic E-state index is 11.6. The van der Waals surface area contributed by atoms with Crippen LogP contribution < -0.4 is 0 Å². The number of carbonyl (C=O) groups is 1. The molecule has 5 nitrogen and oxygen atoms in total. The number of fused-ring (bicyclic) bond motifs is 1. The quantitative estimate of drug-likeness (QED) is 0.563. The van der Waals surface area contributed by atoms with Crippen LogP contribution in [0.3, 0.4) is 0 Å². The number of carbonyl (C=O) groups excluding carboxylic acids is 1. The van der Waals surface area contributed by atoms with Gasteiger partial charge in [-0.2, -0.15) is 0 Å². The molecule has 0 fully saturated rings. The first-order valence-corrected chi connectivity index (χ1v) is 6.36. The molecule has 90 valence electrons. The van der Waals surface area contributed by atoms with Gasteiger partial charge in [0.15, 0.2) is 5.78 Å². The smallest absolute Gasteiger partial charge is 0.269 e. The third-order valence-corrected chi connectivity index (χ3v) is 3.73. The van der Waals surface area contributed by atoms with Gasteiger partial charge in [-0.15, -0.1) is 11.8 Å². The zero-order valence-corrected chi connectivity index (χ0v) is 10.3. The largest absolute Gasteiger partial charge is 0.330 e. The molecule has 2 aliphatic rings. The van der Waals surface area contributed by atoms with E-state index in [1.807, 2.05) is 0 Å². The van der Waals surface area contributed by atoms with Gasteiger partial charge in [0.1, 0.15) is 11.7 Å². The van der Waals surface area contributed by atoms with Crippen LogP contribution in [0.5, 0.6) is 0 Å². The van der Waals surface area contributed by atoms with Crippen LogP contribution in [0, 0.1) is 10.1 Å². The van der Waals surface area contributed by atoms with Crippen LogP contribution in [0.25, 0.3) is 0 Å². The van der Waals surface area contributed by atoms with Crippen molar-refractivity contribution in [2.24, 2.45) is 0 Å². The Morgan fingerprint density at radius 2 is 2.24 bits per heavy atom. The lowest BCUT2D eigenvalue weighted by atomic mass is 10.1. The maximum atomic E-state index is 11.6. The minimum absolute atomic E-state index is 0.136. The van der Waals surface area contributed by atoms with Crippen molar-refractivity contribution in [2.45, 2.75) is 19.0 Å². The van der Waals surface area contributed by atoms with Gasteiger partial charge in [-0.1, -0.05) is 12.2 Å². The molecule has 6 heteroatoms. The Balaban J connectivity index is 2.54. The predicted octanol–water partition coefficient (Wildman–Crippen LogP) is 1.56. The number of Topliss-reactive ketones (excluding diaryl/α,β-unsaturated/α-hetero) is 1. The van der Waals surface area contributed by atoms with Crippen molar-refractivity contribution in [3.8, 4) is 0 Å². The van der Waals surface area contributed by atoms with E-state index in [0.717, 1.165) is 0 Å². The Morgan fingerprint density at radius 3 is 2.76 bits per heavy atom. The second-order valence-electron chi connectivity index (χ2n) is 3.83. The SMILES string of the molecule is CSC1=C(C(C)=O)N2C=CC=CC2C1[N+](=O)[O-]. The maximum Gasteiger partial charge on any atom is 0.269 e. The van der Waals surface area contributed by atoms with E-state index in [1.165, 1.54) is 18.7 Å². The van der Waals surface area contributed by atoms with E-state index >= 15 is 0 Å². The summed E-state index contributed by atoms with van der Waals surface area (Å²) in [5.41, 5.74) is 0.449. The number of allylic oxidation sites excluding steroid dienone is 3. The first kappa shape index (κ1) is 11.9. The number of rotatable bonds is 3. The first-order chi connectivity index (χ1) is 8.07. The van der Waals surface area contributed by atoms with Crippen molar-refractivity contribution in [3.63, 3.8) is 0 Å². The lowest BCUT2D eigenvalue weighted by Gasteiger charge is -2.24. The standard InChI is InChI=1S/C11H12N2O3S/c1-7(14)9-11(17-2)10(13(15)16)8-5-3-4-6-12(8)9/h3-6,8,10H,1-2H3.